The Morgan fingerprint density at radius 1 is 1.32 bits per heavy atom. The number of aromatic nitrogens is 1. The largest absolute Gasteiger partial charge is 0.295 e. The molecule has 1 aliphatic heterocycles. The van der Waals surface area contributed by atoms with Crippen LogP contribution >= 0.6 is 44.1 Å². The third-order valence-electron chi connectivity index (χ3n) is 3.43. The highest BCUT2D eigenvalue weighted by Crippen LogP contribution is 2.30. The Labute approximate surface area is 148 Å². The lowest BCUT2D eigenvalue weighted by atomic mass is 10.1. The first-order valence-corrected chi connectivity index (χ1v) is 11.0. The van der Waals surface area contributed by atoms with E-state index in [0.29, 0.717) is 10.6 Å². The number of thioether (sulfide) groups is 1. The van der Waals surface area contributed by atoms with Crippen LogP contribution < -0.4 is 5.56 Å². The van der Waals surface area contributed by atoms with Gasteiger partial charge in [-0.15, -0.1) is 32.5 Å². The molecule has 0 saturated heterocycles. The zero-order valence-corrected chi connectivity index (χ0v) is 15.9. The van der Waals surface area contributed by atoms with E-state index in [2.05, 4.69) is 9.00 Å². The maximum Gasteiger partial charge on any atom is 0.259 e. The SMILES string of the molecule is CSC1=Nc2c(cc(-c3ccccc3Cl)c(=O)n2C)C=IC1. The average Bonchev–Trinajstić information content (AvgIpc) is 2.74. The Bertz CT molecular complexity index is 858. The van der Waals surface area contributed by atoms with Crippen molar-refractivity contribution in [3.8, 4) is 11.1 Å². The van der Waals surface area contributed by atoms with Gasteiger partial charge in [0.25, 0.3) is 5.56 Å². The van der Waals surface area contributed by atoms with E-state index < -0.39 is 0 Å². The quantitative estimate of drug-likeness (QED) is 0.487. The van der Waals surface area contributed by atoms with Crippen molar-refractivity contribution in [3.05, 3.63) is 51.3 Å². The predicted octanol–water partition coefficient (Wildman–Crippen LogP) is 4.23. The first-order valence-electron chi connectivity index (χ1n) is 6.63. The molecule has 2 heterocycles. The van der Waals surface area contributed by atoms with Crippen molar-refractivity contribution in [2.75, 3.05) is 10.7 Å². The summed E-state index contributed by atoms with van der Waals surface area (Å²) >= 11 is 7.84. The van der Waals surface area contributed by atoms with Crippen LogP contribution in [0.1, 0.15) is 5.56 Å². The van der Waals surface area contributed by atoms with E-state index in [-0.39, 0.29) is 26.3 Å². The smallest absolute Gasteiger partial charge is 0.259 e. The van der Waals surface area contributed by atoms with Gasteiger partial charge in [0.15, 0.2) is 0 Å². The summed E-state index contributed by atoms with van der Waals surface area (Å²) in [5, 5.41) is 1.69. The van der Waals surface area contributed by atoms with Gasteiger partial charge in [0.05, 0.1) is 5.04 Å². The van der Waals surface area contributed by atoms with Gasteiger partial charge in [-0.05, 0) is 22.4 Å². The van der Waals surface area contributed by atoms with Crippen LogP contribution in [0.15, 0.2) is 40.1 Å². The number of nitrogens with zero attached hydrogens (tertiary/aromatic N) is 2. The van der Waals surface area contributed by atoms with E-state index in [4.69, 9.17) is 11.6 Å². The van der Waals surface area contributed by atoms with E-state index in [1.165, 1.54) is 0 Å². The zero-order chi connectivity index (χ0) is 15.7. The van der Waals surface area contributed by atoms with Crippen molar-refractivity contribution < 1.29 is 0 Å². The number of pyridine rings is 1. The molecule has 0 spiro atoms. The summed E-state index contributed by atoms with van der Waals surface area (Å²) in [6, 6.07) is 9.39. The highest BCUT2D eigenvalue weighted by molar-refractivity contribution is 14.2. The fraction of sp³-hybridized carbons (Fsp3) is 0.188. The number of fused-ring (bicyclic) bond motifs is 1. The second kappa shape index (κ2) is 6.68. The van der Waals surface area contributed by atoms with Crippen LogP contribution in [0.3, 0.4) is 0 Å². The Balaban J connectivity index is 2.28. The lowest BCUT2D eigenvalue weighted by Crippen LogP contribution is -2.20. The van der Waals surface area contributed by atoms with Gasteiger partial charge >= 0.3 is 0 Å². The van der Waals surface area contributed by atoms with Crippen LogP contribution in [-0.2, 0) is 7.05 Å². The lowest BCUT2D eigenvalue weighted by Gasteiger charge is -2.11. The van der Waals surface area contributed by atoms with Crippen molar-refractivity contribution in [3.63, 3.8) is 0 Å². The molecule has 0 radical (unpaired) electrons. The Morgan fingerprint density at radius 2 is 2.09 bits per heavy atom. The van der Waals surface area contributed by atoms with Crippen LogP contribution in [0, 0.1) is 0 Å². The number of alkyl halides is 1. The van der Waals surface area contributed by atoms with Crippen molar-refractivity contribution >= 4 is 59.0 Å². The number of halogens is 2. The van der Waals surface area contributed by atoms with Crippen LogP contribution in [0.4, 0.5) is 5.82 Å². The molecule has 22 heavy (non-hydrogen) atoms. The molecule has 2 aromatic rings. The van der Waals surface area contributed by atoms with Gasteiger partial charge in [0, 0.05) is 33.2 Å². The van der Waals surface area contributed by atoms with Crippen molar-refractivity contribution in [1.29, 1.82) is 0 Å². The minimum absolute atomic E-state index is 0.0652. The summed E-state index contributed by atoms with van der Waals surface area (Å²) in [5.74, 6) is 0.752. The standard InChI is InChI=1S/C16H14ClIN2OS/c1-20-15-10(8-18-9-14(19-15)22-2)7-12(16(20)21)11-5-3-4-6-13(11)17/h3-8H,9H2,1-2H3. The third-order valence-corrected chi connectivity index (χ3v) is 7.26. The van der Waals surface area contributed by atoms with E-state index in [1.807, 2.05) is 36.6 Å². The molecule has 114 valence electrons. The fourth-order valence-corrected chi connectivity index (χ4v) is 5.86. The maximum atomic E-state index is 12.7. The van der Waals surface area contributed by atoms with Crippen LogP contribution in [0.25, 0.3) is 11.1 Å². The Hall–Kier alpha value is -0.920. The molecule has 3 rings (SSSR count). The molecule has 1 aliphatic rings. The first kappa shape index (κ1) is 16.0. The number of hydrogen-bond donors (Lipinski definition) is 0. The minimum atomic E-state index is -0.0868. The van der Waals surface area contributed by atoms with Crippen molar-refractivity contribution in [2.24, 2.45) is 12.0 Å². The summed E-state index contributed by atoms with van der Waals surface area (Å²) in [7, 11) is 1.78. The van der Waals surface area contributed by atoms with E-state index in [9.17, 15) is 4.79 Å². The van der Waals surface area contributed by atoms with Crippen molar-refractivity contribution in [2.45, 2.75) is 0 Å². The Morgan fingerprint density at radius 3 is 2.82 bits per heavy atom. The molecule has 6 heteroatoms. The van der Waals surface area contributed by atoms with E-state index >= 15 is 0 Å². The summed E-state index contributed by atoms with van der Waals surface area (Å²) in [6.07, 6.45) is 2.03. The Kier molecular flexibility index (Phi) is 4.84. The molecule has 0 saturated carbocycles. The molecular formula is C16H14ClIN2OS. The molecule has 0 fully saturated rings. The van der Waals surface area contributed by atoms with Gasteiger partial charge < -0.3 is 0 Å². The highest BCUT2D eigenvalue weighted by Gasteiger charge is 2.16. The van der Waals surface area contributed by atoms with Crippen LogP contribution in [-0.4, -0.2) is 24.3 Å². The fourth-order valence-electron chi connectivity index (χ4n) is 2.28. The molecule has 1 aromatic heterocycles. The summed E-state index contributed by atoms with van der Waals surface area (Å²) in [4.78, 5) is 17.4. The zero-order valence-electron chi connectivity index (χ0n) is 12.1. The molecule has 1 aromatic carbocycles. The van der Waals surface area contributed by atoms with Gasteiger partial charge in [-0.1, -0.05) is 29.8 Å². The molecule has 3 nitrogen and oxygen atoms in total. The lowest BCUT2D eigenvalue weighted by molar-refractivity contribution is 0.863. The van der Waals surface area contributed by atoms with Gasteiger partial charge in [-0.3, -0.25) is 9.36 Å². The van der Waals surface area contributed by atoms with Gasteiger partial charge in [0.1, 0.15) is 5.82 Å². The molecule has 0 unspecified atom stereocenters. The molecular weight excluding hydrogens is 431 g/mol. The molecule has 0 N–H and O–H groups in total. The summed E-state index contributed by atoms with van der Waals surface area (Å²) in [5.41, 5.74) is 2.38. The molecule has 0 aliphatic carbocycles. The number of aliphatic imine (C=N–C) groups is 1. The monoisotopic (exact) mass is 444 g/mol. The summed E-state index contributed by atoms with van der Waals surface area (Å²) in [6.45, 7) is 0. The van der Waals surface area contributed by atoms with Gasteiger partial charge in [-0.25, -0.2) is 4.99 Å². The predicted molar refractivity (Wildman–Crippen MR) is 107 cm³/mol. The molecule has 0 atom stereocenters. The number of rotatable bonds is 1. The number of hydrogen-bond acceptors (Lipinski definition) is 3. The second-order valence-corrected chi connectivity index (χ2v) is 8.34. The van der Waals surface area contributed by atoms with E-state index in [0.717, 1.165) is 26.4 Å². The van der Waals surface area contributed by atoms with Crippen molar-refractivity contribution in [1.82, 2.24) is 4.57 Å². The number of benzene rings is 1. The van der Waals surface area contributed by atoms with Gasteiger partial charge in [0.2, 0.25) is 0 Å². The second-order valence-electron chi connectivity index (χ2n) is 4.79. The minimum Gasteiger partial charge on any atom is -0.295 e. The van der Waals surface area contributed by atoms with Crippen LogP contribution in [0.5, 0.6) is 0 Å². The molecule has 0 bridgehead atoms. The normalized spacial score (nSPS) is 13.9. The average molecular weight is 445 g/mol. The third kappa shape index (κ3) is 2.94. The highest BCUT2D eigenvalue weighted by atomic mass is 127. The van der Waals surface area contributed by atoms with Crippen LogP contribution in [0.2, 0.25) is 5.02 Å². The first-order chi connectivity index (χ1) is 10.6. The van der Waals surface area contributed by atoms with Gasteiger partial charge in [-0.2, -0.15) is 0 Å². The van der Waals surface area contributed by atoms with E-state index in [1.54, 1.807) is 23.4 Å². The molecule has 0 amide bonds. The maximum absolute atomic E-state index is 12.7. The topological polar surface area (TPSA) is 34.4 Å². The summed E-state index contributed by atoms with van der Waals surface area (Å²) < 4.78 is 4.90.